The summed E-state index contributed by atoms with van der Waals surface area (Å²) in [5.41, 5.74) is 0. The summed E-state index contributed by atoms with van der Waals surface area (Å²) in [6.07, 6.45) is 2.39. The monoisotopic (exact) mass is 503 g/mol. The van der Waals surface area contributed by atoms with Gasteiger partial charge < -0.3 is 15.5 Å². The van der Waals surface area contributed by atoms with Crippen molar-refractivity contribution >= 4 is 45.9 Å². The molecule has 8 nitrogen and oxygen atoms in total. The number of aliphatic imine (C=N–C) groups is 1. The van der Waals surface area contributed by atoms with E-state index in [-0.39, 0.29) is 54.3 Å². The third-order valence-corrected chi connectivity index (χ3v) is 6.30. The number of piperidine rings is 1. The number of halogens is 1. The van der Waals surface area contributed by atoms with E-state index in [0.717, 1.165) is 19.3 Å². The number of hydrogen-bond donors (Lipinski definition) is 2. The van der Waals surface area contributed by atoms with Crippen LogP contribution < -0.4 is 10.6 Å². The molecule has 1 saturated heterocycles. The van der Waals surface area contributed by atoms with Gasteiger partial charge in [0.2, 0.25) is 15.9 Å². The SMILES string of the molecule is CCC(C)NC(=NCC(=O)N(C)C)NC1CCN(S(=O)(=O)CC)CC1.I. The lowest BCUT2D eigenvalue weighted by molar-refractivity contribution is -0.127. The minimum absolute atomic E-state index is 0. The van der Waals surface area contributed by atoms with Crippen LogP contribution in [0.3, 0.4) is 0 Å². The van der Waals surface area contributed by atoms with Crippen molar-refractivity contribution in [1.29, 1.82) is 0 Å². The Hall–Kier alpha value is -0.620. The van der Waals surface area contributed by atoms with Gasteiger partial charge in [0.05, 0.1) is 5.75 Å². The molecule has 26 heavy (non-hydrogen) atoms. The molecule has 0 bridgehead atoms. The minimum atomic E-state index is -3.12. The summed E-state index contributed by atoms with van der Waals surface area (Å²) >= 11 is 0. The smallest absolute Gasteiger partial charge is 0.243 e. The van der Waals surface area contributed by atoms with Crippen LogP contribution in [0.4, 0.5) is 0 Å². The van der Waals surface area contributed by atoms with Crippen LogP contribution in [-0.4, -0.2) is 81.1 Å². The first-order valence-electron chi connectivity index (χ1n) is 8.95. The Morgan fingerprint density at radius 3 is 2.31 bits per heavy atom. The maximum atomic E-state index is 11.9. The van der Waals surface area contributed by atoms with Crippen molar-refractivity contribution in [2.24, 2.45) is 4.99 Å². The number of carbonyl (C=O) groups excluding carboxylic acids is 1. The molecule has 1 aliphatic rings. The lowest BCUT2D eigenvalue weighted by Crippen LogP contribution is -2.51. The van der Waals surface area contributed by atoms with Gasteiger partial charge in [-0.25, -0.2) is 17.7 Å². The number of guanidine groups is 1. The molecule has 1 aliphatic heterocycles. The van der Waals surface area contributed by atoms with Gasteiger partial charge in [-0.15, -0.1) is 24.0 Å². The molecule has 0 radical (unpaired) electrons. The van der Waals surface area contributed by atoms with Gasteiger partial charge >= 0.3 is 0 Å². The summed E-state index contributed by atoms with van der Waals surface area (Å²) < 4.78 is 25.4. The van der Waals surface area contributed by atoms with Gasteiger partial charge in [-0.05, 0) is 33.1 Å². The fourth-order valence-corrected chi connectivity index (χ4v) is 3.54. The van der Waals surface area contributed by atoms with Crippen molar-refractivity contribution < 1.29 is 13.2 Å². The summed E-state index contributed by atoms with van der Waals surface area (Å²) in [5, 5.41) is 6.65. The lowest BCUT2D eigenvalue weighted by atomic mass is 10.1. The van der Waals surface area contributed by atoms with Crippen LogP contribution in [0.15, 0.2) is 4.99 Å². The van der Waals surface area contributed by atoms with Crippen molar-refractivity contribution in [3.8, 4) is 0 Å². The van der Waals surface area contributed by atoms with E-state index < -0.39 is 10.0 Å². The Bertz CT molecular complexity index is 560. The fraction of sp³-hybridized carbons (Fsp3) is 0.875. The molecule has 1 atom stereocenters. The Labute approximate surface area is 175 Å². The molecule has 0 spiro atoms. The molecular weight excluding hydrogens is 469 g/mol. The third-order valence-electron chi connectivity index (χ3n) is 4.42. The second-order valence-corrected chi connectivity index (χ2v) is 8.88. The van der Waals surface area contributed by atoms with Gasteiger partial charge in [0.25, 0.3) is 0 Å². The summed E-state index contributed by atoms with van der Waals surface area (Å²) in [4.78, 5) is 17.7. The van der Waals surface area contributed by atoms with Crippen LogP contribution >= 0.6 is 24.0 Å². The molecular formula is C16H34IN5O3S. The summed E-state index contributed by atoms with van der Waals surface area (Å²) in [5.74, 6) is 0.690. The molecule has 0 saturated carbocycles. The summed E-state index contributed by atoms with van der Waals surface area (Å²) in [7, 11) is 0.293. The van der Waals surface area contributed by atoms with E-state index in [9.17, 15) is 13.2 Å². The van der Waals surface area contributed by atoms with E-state index in [2.05, 4.69) is 29.5 Å². The second kappa shape index (κ2) is 12.0. The molecule has 1 rings (SSSR count). The zero-order chi connectivity index (χ0) is 19.0. The van der Waals surface area contributed by atoms with Gasteiger partial charge in [0.1, 0.15) is 6.54 Å². The Morgan fingerprint density at radius 2 is 1.85 bits per heavy atom. The van der Waals surface area contributed by atoms with Gasteiger partial charge in [0.15, 0.2) is 5.96 Å². The molecule has 1 heterocycles. The quantitative estimate of drug-likeness (QED) is 0.305. The predicted molar refractivity (Wildman–Crippen MR) is 116 cm³/mol. The highest BCUT2D eigenvalue weighted by atomic mass is 127. The second-order valence-electron chi connectivity index (χ2n) is 6.62. The van der Waals surface area contributed by atoms with Crippen molar-refractivity contribution in [2.75, 3.05) is 39.5 Å². The number of rotatable bonds is 7. The van der Waals surface area contributed by atoms with Crippen LogP contribution in [0.1, 0.15) is 40.0 Å². The van der Waals surface area contributed by atoms with E-state index in [1.807, 2.05) is 0 Å². The number of nitrogens with one attached hydrogen (secondary N) is 2. The molecule has 1 unspecified atom stereocenters. The number of carbonyl (C=O) groups is 1. The molecule has 0 aromatic heterocycles. The van der Waals surface area contributed by atoms with Crippen molar-refractivity contribution in [3.05, 3.63) is 0 Å². The first-order valence-corrected chi connectivity index (χ1v) is 10.6. The van der Waals surface area contributed by atoms with E-state index >= 15 is 0 Å². The van der Waals surface area contributed by atoms with Crippen LogP contribution in [0.5, 0.6) is 0 Å². The van der Waals surface area contributed by atoms with Crippen molar-refractivity contribution in [3.63, 3.8) is 0 Å². The molecule has 0 aromatic rings. The molecule has 0 aromatic carbocycles. The Morgan fingerprint density at radius 1 is 1.27 bits per heavy atom. The molecule has 10 heteroatoms. The lowest BCUT2D eigenvalue weighted by Gasteiger charge is -2.32. The van der Waals surface area contributed by atoms with E-state index in [4.69, 9.17) is 0 Å². The van der Waals surface area contributed by atoms with Gasteiger partial charge in [0, 0.05) is 39.3 Å². The largest absolute Gasteiger partial charge is 0.354 e. The van der Waals surface area contributed by atoms with Crippen LogP contribution in [0, 0.1) is 0 Å². The van der Waals surface area contributed by atoms with Crippen LogP contribution in [0.2, 0.25) is 0 Å². The minimum Gasteiger partial charge on any atom is -0.354 e. The Kier molecular flexibility index (Phi) is 11.7. The normalized spacial score (nSPS) is 18.0. The first kappa shape index (κ1) is 25.4. The number of hydrogen-bond acceptors (Lipinski definition) is 4. The van der Waals surface area contributed by atoms with Gasteiger partial charge in [-0.3, -0.25) is 4.79 Å². The summed E-state index contributed by atoms with van der Waals surface area (Å²) in [6, 6.07) is 0.384. The topological polar surface area (TPSA) is 94.1 Å². The standard InChI is InChI=1S/C16H33N5O3S.HI/c1-6-13(3)18-16(17-12-15(22)20(4)5)19-14-8-10-21(11-9-14)25(23,24)7-2;/h13-14H,6-12H2,1-5H3,(H2,17,18,19);1H. The van der Waals surface area contributed by atoms with Gasteiger partial charge in [-0.1, -0.05) is 6.92 Å². The number of sulfonamides is 1. The first-order chi connectivity index (χ1) is 11.7. The third kappa shape index (κ3) is 8.38. The fourth-order valence-electron chi connectivity index (χ4n) is 2.41. The predicted octanol–water partition coefficient (Wildman–Crippen LogP) is 0.840. The molecule has 2 N–H and O–H groups in total. The maximum Gasteiger partial charge on any atom is 0.243 e. The van der Waals surface area contributed by atoms with Crippen molar-refractivity contribution in [2.45, 2.75) is 52.1 Å². The maximum absolute atomic E-state index is 11.9. The number of amides is 1. The van der Waals surface area contributed by atoms with Crippen LogP contribution in [0.25, 0.3) is 0 Å². The molecule has 154 valence electrons. The number of nitrogens with zero attached hydrogens (tertiary/aromatic N) is 3. The Balaban J connectivity index is 0.00000625. The number of likely N-dealkylation sites (N-methyl/N-ethyl adjacent to an activating group) is 1. The highest BCUT2D eigenvalue weighted by Crippen LogP contribution is 2.14. The van der Waals surface area contributed by atoms with E-state index in [0.29, 0.717) is 19.0 Å². The van der Waals surface area contributed by atoms with E-state index in [1.54, 1.807) is 25.3 Å². The molecule has 1 fully saturated rings. The highest BCUT2D eigenvalue weighted by molar-refractivity contribution is 14.0. The summed E-state index contributed by atoms with van der Waals surface area (Å²) in [6.45, 7) is 6.92. The average molecular weight is 503 g/mol. The van der Waals surface area contributed by atoms with E-state index in [1.165, 1.54) is 4.90 Å². The average Bonchev–Trinajstić information content (AvgIpc) is 2.59. The zero-order valence-corrected chi connectivity index (χ0v) is 19.6. The zero-order valence-electron chi connectivity index (χ0n) is 16.5. The van der Waals surface area contributed by atoms with Crippen LogP contribution in [-0.2, 0) is 14.8 Å². The molecule has 0 aliphatic carbocycles. The highest BCUT2D eigenvalue weighted by Gasteiger charge is 2.27. The van der Waals surface area contributed by atoms with Crippen molar-refractivity contribution in [1.82, 2.24) is 19.8 Å². The molecule has 1 amide bonds. The van der Waals surface area contributed by atoms with Gasteiger partial charge in [-0.2, -0.15) is 0 Å².